The molecule has 0 spiro atoms. The van der Waals surface area contributed by atoms with E-state index in [0.29, 0.717) is 5.56 Å². The Hall–Kier alpha value is -3.24. The van der Waals surface area contributed by atoms with Crippen molar-refractivity contribution in [2.45, 2.75) is 17.6 Å². The molecule has 0 aliphatic rings. The zero-order valence-electron chi connectivity index (χ0n) is 16.5. The van der Waals surface area contributed by atoms with Crippen molar-refractivity contribution in [1.82, 2.24) is 4.31 Å². The molecule has 0 saturated carbocycles. The van der Waals surface area contributed by atoms with Crippen LogP contribution < -0.4 is 5.32 Å². The van der Waals surface area contributed by atoms with Crippen LogP contribution in [-0.2, 0) is 27.5 Å². The summed E-state index contributed by atoms with van der Waals surface area (Å²) in [6.45, 7) is -0.739. The lowest BCUT2D eigenvalue weighted by atomic mass is 10.2. The molecule has 0 atom stereocenters. The Balaban J connectivity index is 1.82. The smallest absolute Gasteiger partial charge is 0.325 e. The summed E-state index contributed by atoms with van der Waals surface area (Å²) < 4.78 is 78.4. The van der Waals surface area contributed by atoms with Crippen LogP contribution in [0.3, 0.4) is 0 Å². The van der Waals surface area contributed by atoms with E-state index in [4.69, 9.17) is 0 Å². The van der Waals surface area contributed by atoms with Crippen molar-refractivity contribution in [3.63, 3.8) is 0 Å². The molecule has 5 nitrogen and oxygen atoms in total. The third kappa shape index (κ3) is 5.92. The van der Waals surface area contributed by atoms with Crippen molar-refractivity contribution in [1.29, 1.82) is 0 Å². The Kier molecular flexibility index (Phi) is 6.95. The first-order valence-corrected chi connectivity index (χ1v) is 10.8. The first kappa shape index (κ1) is 23.4. The Morgan fingerprint density at radius 1 is 0.875 bits per heavy atom. The van der Waals surface area contributed by atoms with Gasteiger partial charge in [0.1, 0.15) is 5.82 Å². The monoisotopic (exact) mass is 466 g/mol. The van der Waals surface area contributed by atoms with Gasteiger partial charge in [0.2, 0.25) is 15.9 Å². The predicted octanol–water partition coefficient (Wildman–Crippen LogP) is 4.67. The molecule has 168 valence electrons. The normalized spacial score (nSPS) is 12.0. The van der Waals surface area contributed by atoms with E-state index >= 15 is 0 Å². The highest BCUT2D eigenvalue weighted by Gasteiger charge is 2.30. The van der Waals surface area contributed by atoms with Crippen LogP contribution in [0.5, 0.6) is 0 Å². The van der Waals surface area contributed by atoms with Gasteiger partial charge in [0.25, 0.3) is 0 Å². The highest BCUT2D eigenvalue weighted by atomic mass is 32.2. The van der Waals surface area contributed by atoms with E-state index < -0.39 is 40.0 Å². The molecule has 0 radical (unpaired) electrons. The third-order valence-electron chi connectivity index (χ3n) is 4.47. The number of nitrogens with zero attached hydrogens (tertiary/aromatic N) is 1. The standard InChI is InChI=1S/C22H18F4N2O3S/c23-18-8-12-20(13-9-18)32(30,31)28(14-16-4-2-1-3-5-16)15-21(29)27-19-10-6-17(7-11-19)22(24,25)26/h1-13H,14-15H2,(H,27,29). The van der Waals surface area contributed by atoms with Crippen molar-refractivity contribution < 1.29 is 30.8 Å². The lowest BCUT2D eigenvalue weighted by Crippen LogP contribution is -2.37. The van der Waals surface area contributed by atoms with E-state index in [-0.39, 0.29) is 17.1 Å². The number of amides is 1. The average Bonchev–Trinajstić information content (AvgIpc) is 2.74. The minimum absolute atomic E-state index is 0.0850. The molecule has 3 aromatic carbocycles. The van der Waals surface area contributed by atoms with Gasteiger partial charge in [-0.25, -0.2) is 12.8 Å². The Bertz CT molecular complexity index is 1160. The van der Waals surface area contributed by atoms with Gasteiger partial charge < -0.3 is 5.32 Å². The van der Waals surface area contributed by atoms with Crippen LogP contribution in [-0.4, -0.2) is 25.2 Å². The summed E-state index contributed by atoms with van der Waals surface area (Å²) in [7, 11) is -4.17. The van der Waals surface area contributed by atoms with E-state index in [2.05, 4.69) is 5.32 Å². The molecule has 32 heavy (non-hydrogen) atoms. The third-order valence-corrected chi connectivity index (χ3v) is 6.28. The predicted molar refractivity (Wildman–Crippen MR) is 111 cm³/mol. The summed E-state index contributed by atoms with van der Waals surface area (Å²) in [5.74, 6) is -1.36. The second-order valence-electron chi connectivity index (χ2n) is 6.84. The highest BCUT2D eigenvalue weighted by molar-refractivity contribution is 7.89. The summed E-state index contributed by atoms with van der Waals surface area (Å²) in [5.41, 5.74) is -0.178. The zero-order valence-corrected chi connectivity index (χ0v) is 17.3. The summed E-state index contributed by atoms with van der Waals surface area (Å²) in [6, 6.07) is 16.5. The molecule has 0 aromatic heterocycles. The van der Waals surface area contributed by atoms with Crippen molar-refractivity contribution in [2.75, 3.05) is 11.9 Å². The minimum Gasteiger partial charge on any atom is -0.325 e. The number of carbonyl (C=O) groups excluding carboxylic acids is 1. The Morgan fingerprint density at radius 2 is 1.47 bits per heavy atom. The first-order chi connectivity index (χ1) is 15.1. The fourth-order valence-corrected chi connectivity index (χ4v) is 4.26. The maximum Gasteiger partial charge on any atom is 0.416 e. The average molecular weight is 466 g/mol. The summed E-state index contributed by atoms with van der Waals surface area (Å²) in [5, 5.41) is 2.40. The highest BCUT2D eigenvalue weighted by Crippen LogP contribution is 2.29. The van der Waals surface area contributed by atoms with Gasteiger partial charge in [0.15, 0.2) is 0 Å². The van der Waals surface area contributed by atoms with E-state index in [1.807, 2.05) is 0 Å². The number of halogens is 4. The molecule has 0 aliphatic carbocycles. The fraction of sp³-hybridized carbons (Fsp3) is 0.136. The maximum atomic E-state index is 13.2. The van der Waals surface area contributed by atoms with Crippen LogP contribution in [0.15, 0.2) is 83.8 Å². The van der Waals surface area contributed by atoms with Crippen molar-refractivity contribution >= 4 is 21.6 Å². The van der Waals surface area contributed by atoms with Gasteiger partial charge in [0, 0.05) is 12.2 Å². The van der Waals surface area contributed by atoms with E-state index in [1.54, 1.807) is 30.3 Å². The lowest BCUT2D eigenvalue weighted by molar-refractivity contribution is -0.137. The molecule has 0 unspecified atom stereocenters. The molecule has 1 N–H and O–H groups in total. The fourth-order valence-electron chi connectivity index (χ4n) is 2.87. The number of hydrogen-bond donors (Lipinski definition) is 1. The first-order valence-electron chi connectivity index (χ1n) is 9.32. The second-order valence-corrected chi connectivity index (χ2v) is 8.77. The van der Waals surface area contributed by atoms with E-state index in [1.165, 1.54) is 0 Å². The largest absolute Gasteiger partial charge is 0.416 e. The SMILES string of the molecule is O=C(CN(Cc1ccccc1)S(=O)(=O)c1ccc(F)cc1)Nc1ccc(C(F)(F)F)cc1. The van der Waals surface area contributed by atoms with Gasteiger partial charge >= 0.3 is 6.18 Å². The second kappa shape index (κ2) is 9.49. The number of alkyl halides is 3. The molecule has 0 fully saturated rings. The van der Waals surface area contributed by atoms with E-state index in [0.717, 1.165) is 52.8 Å². The summed E-state index contributed by atoms with van der Waals surface area (Å²) in [6.07, 6.45) is -4.52. The quantitative estimate of drug-likeness (QED) is 0.515. The van der Waals surface area contributed by atoms with Crippen molar-refractivity contribution in [2.24, 2.45) is 0 Å². The van der Waals surface area contributed by atoms with Gasteiger partial charge in [-0.1, -0.05) is 30.3 Å². The molecule has 0 saturated heterocycles. The number of carbonyl (C=O) groups is 1. The number of hydrogen-bond acceptors (Lipinski definition) is 3. The minimum atomic E-state index is -4.52. The molecule has 0 aliphatic heterocycles. The van der Waals surface area contributed by atoms with Crippen LogP contribution >= 0.6 is 0 Å². The van der Waals surface area contributed by atoms with Crippen LogP contribution in [0, 0.1) is 5.82 Å². The molecule has 3 rings (SSSR count). The van der Waals surface area contributed by atoms with Gasteiger partial charge in [0.05, 0.1) is 17.0 Å². The van der Waals surface area contributed by atoms with Crippen molar-refractivity contribution in [3.05, 3.63) is 95.8 Å². The van der Waals surface area contributed by atoms with Crippen LogP contribution in [0.4, 0.5) is 23.2 Å². The van der Waals surface area contributed by atoms with Gasteiger partial charge in [-0.3, -0.25) is 4.79 Å². The maximum absolute atomic E-state index is 13.2. The molecule has 0 bridgehead atoms. The van der Waals surface area contributed by atoms with Gasteiger partial charge in [-0.15, -0.1) is 0 Å². The van der Waals surface area contributed by atoms with Crippen LogP contribution in [0.1, 0.15) is 11.1 Å². The molecule has 3 aromatic rings. The Labute approximate surface area is 182 Å². The van der Waals surface area contributed by atoms with Crippen LogP contribution in [0.25, 0.3) is 0 Å². The Morgan fingerprint density at radius 3 is 2.03 bits per heavy atom. The van der Waals surface area contributed by atoms with Crippen LogP contribution in [0.2, 0.25) is 0 Å². The number of rotatable bonds is 7. The molecule has 1 amide bonds. The number of sulfonamides is 1. The summed E-state index contributed by atoms with van der Waals surface area (Å²) >= 11 is 0. The number of anilines is 1. The number of benzene rings is 3. The lowest BCUT2D eigenvalue weighted by Gasteiger charge is -2.22. The van der Waals surface area contributed by atoms with Crippen molar-refractivity contribution in [3.8, 4) is 0 Å². The zero-order chi connectivity index (χ0) is 23.4. The molecule has 0 heterocycles. The topological polar surface area (TPSA) is 66.5 Å². The molecular weight excluding hydrogens is 448 g/mol. The molecule has 10 heteroatoms. The summed E-state index contributed by atoms with van der Waals surface area (Å²) in [4.78, 5) is 12.3. The number of nitrogens with one attached hydrogen (secondary N) is 1. The van der Waals surface area contributed by atoms with Gasteiger partial charge in [-0.2, -0.15) is 17.5 Å². The van der Waals surface area contributed by atoms with Gasteiger partial charge in [-0.05, 0) is 54.1 Å². The molecular formula is C22H18F4N2O3S. The van der Waals surface area contributed by atoms with E-state index in [9.17, 15) is 30.8 Å².